The molecule has 0 bridgehead atoms. The zero-order chi connectivity index (χ0) is 20.3. The molecule has 0 aromatic carbocycles. The minimum Gasteiger partial charge on any atom is -0.379 e. The molecule has 0 aliphatic carbocycles. The molecule has 1 amide bonds. The molecule has 4 rings (SSSR count). The number of piperazine rings is 1. The highest BCUT2D eigenvalue weighted by atomic mass is 32.2. The summed E-state index contributed by atoms with van der Waals surface area (Å²) in [4.78, 5) is 21.4. The summed E-state index contributed by atoms with van der Waals surface area (Å²) in [6, 6.07) is 5.68. The van der Waals surface area contributed by atoms with Gasteiger partial charge in [-0.05, 0) is 23.9 Å². The lowest BCUT2D eigenvalue weighted by Crippen LogP contribution is -2.49. The number of morpholine rings is 1. The number of H-pyrrole nitrogens is 1. The first-order valence-corrected chi connectivity index (χ1v) is 12.2. The van der Waals surface area contributed by atoms with Crippen LogP contribution in [0.3, 0.4) is 0 Å². The van der Waals surface area contributed by atoms with Crippen LogP contribution in [-0.2, 0) is 21.2 Å². The summed E-state index contributed by atoms with van der Waals surface area (Å²) < 4.78 is 32.1. The fourth-order valence-electron chi connectivity index (χ4n) is 3.65. The first kappa shape index (κ1) is 20.5. The predicted octanol–water partition coefficient (Wildman–Crippen LogP) is 1.10. The van der Waals surface area contributed by atoms with Gasteiger partial charge in [0.1, 0.15) is 10.6 Å². The summed E-state index contributed by atoms with van der Waals surface area (Å²) in [5.41, 5.74) is 0.323. The number of hydrogen-bond acceptors (Lipinski definition) is 6. The smallest absolute Gasteiger partial charge is 0.270 e. The molecule has 0 saturated carbocycles. The molecule has 29 heavy (non-hydrogen) atoms. The molecule has 2 fully saturated rings. The van der Waals surface area contributed by atoms with Gasteiger partial charge in [-0.1, -0.05) is 6.07 Å². The van der Waals surface area contributed by atoms with Crippen LogP contribution in [0, 0.1) is 0 Å². The number of carbonyl (C=O) groups is 1. The minimum absolute atomic E-state index is 0.136. The molecule has 4 heterocycles. The molecule has 1 N–H and O–H groups in total. The Kier molecular flexibility index (Phi) is 6.35. The minimum atomic E-state index is -3.60. The van der Waals surface area contributed by atoms with E-state index in [4.69, 9.17) is 4.74 Å². The van der Waals surface area contributed by atoms with Crippen molar-refractivity contribution in [1.82, 2.24) is 19.1 Å². The molecule has 8 nitrogen and oxygen atoms in total. The van der Waals surface area contributed by atoms with Crippen molar-refractivity contribution in [3.8, 4) is 0 Å². The van der Waals surface area contributed by atoms with Crippen molar-refractivity contribution in [2.45, 2.75) is 11.3 Å². The van der Waals surface area contributed by atoms with Crippen molar-refractivity contribution < 1.29 is 17.9 Å². The number of ether oxygens (including phenoxy) is 1. The van der Waals surface area contributed by atoms with Crippen molar-refractivity contribution >= 4 is 27.3 Å². The Hall–Kier alpha value is -1.72. The maximum absolute atomic E-state index is 12.8. The fourth-order valence-corrected chi connectivity index (χ4v) is 5.75. The van der Waals surface area contributed by atoms with E-state index in [0.717, 1.165) is 26.1 Å². The molecule has 158 valence electrons. The number of nitrogens with one attached hydrogen (secondary N) is 1. The normalized spacial score (nSPS) is 19.5. The third-order valence-electron chi connectivity index (χ3n) is 5.41. The van der Waals surface area contributed by atoms with Crippen molar-refractivity contribution in [1.29, 1.82) is 0 Å². The van der Waals surface area contributed by atoms with Crippen molar-refractivity contribution in [3.05, 3.63) is 40.3 Å². The Morgan fingerprint density at radius 1 is 1.14 bits per heavy atom. The van der Waals surface area contributed by atoms with E-state index < -0.39 is 10.0 Å². The van der Waals surface area contributed by atoms with Crippen LogP contribution in [0.25, 0.3) is 0 Å². The summed E-state index contributed by atoms with van der Waals surface area (Å²) >= 11 is 1.77. The summed E-state index contributed by atoms with van der Waals surface area (Å²) in [7, 11) is -3.60. The predicted molar refractivity (Wildman–Crippen MR) is 111 cm³/mol. The van der Waals surface area contributed by atoms with E-state index in [-0.39, 0.29) is 10.8 Å². The first-order chi connectivity index (χ1) is 14.0. The van der Waals surface area contributed by atoms with Gasteiger partial charge in [0.25, 0.3) is 5.91 Å². The SMILES string of the molecule is O=C(c1cc(S(=O)(=O)N2CCOCC2)c[nH]1)N1CCN(CCc2cccs2)CC1. The summed E-state index contributed by atoms with van der Waals surface area (Å²) in [6.45, 7) is 5.41. The third-order valence-corrected chi connectivity index (χ3v) is 8.22. The molecule has 2 saturated heterocycles. The van der Waals surface area contributed by atoms with Gasteiger partial charge >= 0.3 is 0 Å². The lowest BCUT2D eigenvalue weighted by atomic mass is 10.2. The lowest BCUT2D eigenvalue weighted by molar-refractivity contribution is 0.0633. The van der Waals surface area contributed by atoms with Crippen molar-refractivity contribution in [3.63, 3.8) is 0 Å². The highest BCUT2D eigenvalue weighted by Gasteiger charge is 2.29. The van der Waals surface area contributed by atoms with Crippen molar-refractivity contribution in [2.75, 3.05) is 59.0 Å². The summed E-state index contributed by atoms with van der Waals surface area (Å²) in [6.07, 6.45) is 2.44. The van der Waals surface area contributed by atoms with Gasteiger partial charge in [0, 0.05) is 56.9 Å². The van der Waals surface area contributed by atoms with Gasteiger partial charge in [-0.25, -0.2) is 8.42 Å². The topological polar surface area (TPSA) is 85.9 Å². The van der Waals surface area contributed by atoms with E-state index in [2.05, 4.69) is 27.4 Å². The van der Waals surface area contributed by atoms with Gasteiger partial charge in [0.05, 0.1) is 13.2 Å². The number of aromatic nitrogens is 1. The Balaban J connectivity index is 1.32. The van der Waals surface area contributed by atoms with E-state index >= 15 is 0 Å². The van der Waals surface area contributed by atoms with Gasteiger partial charge in [0.15, 0.2) is 0 Å². The molecule has 2 aromatic rings. The average molecular weight is 439 g/mol. The molecular weight excluding hydrogens is 412 g/mol. The van der Waals surface area contributed by atoms with Crippen LogP contribution in [0.4, 0.5) is 0 Å². The molecule has 10 heteroatoms. The molecule has 2 aromatic heterocycles. The molecule has 0 radical (unpaired) electrons. The number of carbonyl (C=O) groups excluding carboxylic acids is 1. The number of amides is 1. The number of thiophene rings is 1. The van der Waals surface area contributed by atoms with Crippen LogP contribution in [0.2, 0.25) is 0 Å². The number of rotatable bonds is 6. The largest absolute Gasteiger partial charge is 0.379 e. The quantitative estimate of drug-likeness (QED) is 0.730. The van der Waals surface area contributed by atoms with E-state index in [1.54, 1.807) is 16.2 Å². The third kappa shape index (κ3) is 4.72. The highest BCUT2D eigenvalue weighted by Crippen LogP contribution is 2.19. The van der Waals surface area contributed by atoms with Crippen LogP contribution in [0.15, 0.2) is 34.7 Å². The monoisotopic (exact) mass is 438 g/mol. The second kappa shape index (κ2) is 8.97. The summed E-state index contributed by atoms with van der Waals surface area (Å²) in [5.74, 6) is -0.147. The highest BCUT2D eigenvalue weighted by molar-refractivity contribution is 7.89. The standard InChI is InChI=1S/C19H26N4O4S2/c24-19(22-7-5-21(6-8-22)4-3-16-2-1-13-28-16)18-14-17(15-20-18)29(25,26)23-9-11-27-12-10-23/h1-2,13-15,20H,3-12H2. The molecule has 0 spiro atoms. The van der Waals surface area contributed by atoms with E-state index in [0.29, 0.717) is 45.1 Å². The van der Waals surface area contributed by atoms with Crippen LogP contribution in [0.1, 0.15) is 15.4 Å². The number of hydrogen-bond donors (Lipinski definition) is 1. The van der Waals surface area contributed by atoms with Gasteiger partial charge < -0.3 is 14.6 Å². The van der Waals surface area contributed by atoms with E-state index in [9.17, 15) is 13.2 Å². The van der Waals surface area contributed by atoms with Crippen LogP contribution in [-0.4, -0.2) is 92.4 Å². The zero-order valence-electron chi connectivity index (χ0n) is 16.2. The van der Waals surface area contributed by atoms with Gasteiger partial charge in [-0.2, -0.15) is 4.31 Å². The Bertz CT molecular complexity index is 912. The molecule has 2 aliphatic heterocycles. The van der Waals surface area contributed by atoms with Crippen LogP contribution >= 0.6 is 11.3 Å². The number of sulfonamides is 1. The lowest BCUT2D eigenvalue weighted by Gasteiger charge is -2.34. The zero-order valence-corrected chi connectivity index (χ0v) is 17.9. The molecule has 0 unspecified atom stereocenters. The first-order valence-electron chi connectivity index (χ1n) is 9.84. The van der Waals surface area contributed by atoms with E-state index in [1.807, 2.05) is 0 Å². The second-order valence-corrected chi connectivity index (χ2v) is 10.2. The Morgan fingerprint density at radius 3 is 2.59 bits per heavy atom. The van der Waals surface area contributed by atoms with Crippen LogP contribution in [0.5, 0.6) is 0 Å². The van der Waals surface area contributed by atoms with Gasteiger partial charge in [-0.3, -0.25) is 9.69 Å². The van der Waals surface area contributed by atoms with Crippen LogP contribution < -0.4 is 0 Å². The molecule has 2 aliphatic rings. The van der Waals surface area contributed by atoms with E-state index in [1.165, 1.54) is 21.4 Å². The van der Waals surface area contributed by atoms with Gasteiger partial charge in [-0.15, -0.1) is 11.3 Å². The number of nitrogens with zero attached hydrogens (tertiary/aromatic N) is 3. The Labute approximate surface area is 175 Å². The fraction of sp³-hybridized carbons (Fsp3) is 0.526. The molecular formula is C19H26N4O4S2. The van der Waals surface area contributed by atoms with Crippen molar-refractivity contribution in [2.24, 2.45) is 0 Å². The summed E-state index contributed by atoms with van der Waals surface area (Å²) in [5, 5.41) is 2.09. The molecule has 0 atom stereocenters. The van der Waals surface area contributed by atoms with Gasteiger partial charge in [0.2, 0.25) is 10.0 Å². The maximum Gasteiger partial charge on any atom is 0.270 e. The average Bonchev–Trinajstić information content (AvgIpc) is 3.45. The Morgan fingerprint density at radius 2 is 1.90 bits per heavy atom. The second-order valence-electron chi connectivity index (χ2n) is 7.23. The maximum atomic E-state index is 12.8. The number of aromatic amines is 1.